The second kappa shape index (κ2) is 8.42. The van der Waals surface area contributed by atoms with Crippen LogP contribution < -0.4 is 5.56 Å². The van der Waals surface area contributed by atoms with Gasteiger partial charge in [-0.05, 0) is 19.3 Å². The minimum atomic E-state index is -0.477. The molecule has 0 aromatic carbocycles. The molecular weight excluding hydrogens is 362 g/mol. The highest BCUT2D eigenvalue weighted by Crippen LogP contribution is 2.16. The summed E-state index contributed by atoms with van der Waals surface area (Å²) in [7, 11) is 0. The van der Waals surface area contributed by atoms with Crippen molar-refractivity contribution < 1.29 is 14.3 Å². The van der Waals surface area contributed by atoms with E-state index >= 15 is 0 Å². The third kappa shape index (κ3) is 4.11. The van der Waals surface area contributed by atoms with Crippen molar-refractivity contribution in [2.75, 3.05) is 52.5 Å². The molecule has 2 aromatic heterocycles. The number of hydrogen-bond donors (Lipinski definition) is 1. The molecule has 2 fully saturated rings. The first kappa shape index (κ1) is 19.1. The first-order chi connectivity index (χ1) is 13.6. The summed E-state index contributed by atoms with van der Waals surface area (Å²) in [5.41, 5.74) is 1.05. The molecular formula is C19H27N5O4. The number of ether oxygens (including phenoxy) is 2. The number of rotatable bonds is 6. The van der Waals surface area contributed by atoms with Crippen LogP contribution >= 0.6 is 0 Å². The zero-order valence-corrected chi connectivity index (χ0v) is 16.2. The van der Waals surface area contributed by atoms with E-state index in [9.17, 15) is 9.59 Å². The Bertz CT molecular complexity index is 878. The maximum Gasteiger partial charge on any atom is 0.343 e. The lowest BCUT2D eigenvalue weighted by atomic mass is 10.1. The second-order valence-electron chi connectivity index (χ2n) is 7.46. The summed E-state index contributed by atoms with van der Waals surface area (Å²) in [6, 6.07) is 1.53. The van der Waals surface area contributed by atoms with Crippen molar-refractivity contribution in [3.8, 4) is 0 Å². The minimum absolute atomic E-state index is 0.226. The van der Waals surface area contributed by atoms with Crippen molar-refractivity contribution in [2.45, 2.75) is 19.9 Å². The van der Waals surface area contributed by atoms with Crippen molar-refractivity contribution in [2.24, 2.45) is 5.92 Å². The number of nitrogens with zero attached hydrogens (tertiary/aromatic N) is 4. The van der Waals surface area contributed by atoms with E-state index in [-0.39, 0.29) is 17.7 Å². The number of aromatic nitrogens is 3. The van der Waals surface area contributed by atoms with Crippen molar-refractivity contribution in [3.63, 3.8) is 0 Å². The molecule has 4 heterocycles. The highest BCUT2D eigenvalue weighted by atomic mass is 16.5. The number of piperazine rings is 1. The van der Waals surface area contributed by atoms with Gasteiger partial charge >= 0.3 is 5.97 Å². The zero-order valence-electron chi connectivity index (χ0n) is 16.2. The van der Waals surface area contributed by atoms with Gasteiger partial charge in [-0.2, -0.15) is 0 Å². The minimum Gasteiger partial charge on any atom is -0.462 e. The standard InChI is InChI=1S/C19H27N5O4/c1-2-28-19(26)16-10-20-24-17(25)9-15(21-18(16)24)12-23-6-4-22(5-7-23)11-14-3-8-27-13-14/h9-10,14,20H,2-8,11-13H2,1H3/t14-/m0/s1. The molecule has 4 rings (SSSR count). The quantitative estimate of drug-likeness (QED) is 0.713. The number of aromatic amines is 1. The van der Waals surface area contributed by atoms with Gasteiger partial charge in [0.05, 0.1) is 18.9 Å². The van der Waals surface area contributed by atoms with Gasteiger partial charge in [-0.25, -0.2) is 14.3 Å². The number of nitrogens with one attached hydrogen (secondary N) is 1. The molecule has 0 saturated carbocycles. The molecule has 1 N–H and O–H groups in total. The molecule has 0 aliphatic carbocycles. The fourth-order valence-corrected chi connectivity index (χ4v) is 3.92. The zero-order chi connectivity index (χ0) is 19.5. The van der Waals surface area contributed by atoms with E-state index in [4.69, 9.17) is 9.47 Å². The topological polar surface area (TPSA) is 92.2 Å². The molecule has 1 atom stereocenters. The molecule has 0 unspecified atom stereocenters. The van der Waals surface area contributed by atoms with Crippen LogP contribution in [0.4, 0.5) is 0 Å². The Hall–Kier alpha value is -2.23. The van der Waals surface area contributed by atoms with Crippen LogP contribution in [-0.4, -0.2) is 82.9 Å². The van der Waals surface area contributed by atoms with E-state index in [1.165, 1.54) is 16.8 Å². The van der Waals surface area contributed by atoms with Crippen molar-refractivity contribution >= 4 is 11.6 Å². The van der Waals surface area contributed by atoms with Crippen LogP contribution in [0, 0.1) is 5.92 Å². The van der Waals surface area contributed by atoms with E-state index in [2.05, 4.69) is 19.9 Å². The van der Waals surface area contributed by atoms with Gasteiger partial charge in [0.1, 0.15) is 5.56 Å². The third-order valence-corrected chi connectivity index (χ3v) is 5.44. The predicted octanol–water partition coefficient (Wildman–Crippen LogP) is 0.353. The average molecular weight is 389 g/mol. The molecule has 2 aliphatic heterocycles. The lowest BCUT2D eigenvalue weighted by molar-refractivity contribution is 0.0528. The summed E-state index contributed by atoms with van der Waals surface area (Å²) >= 11 is 0. The van der Waals surface area contributed by atoms with Gasteiger partial charge in [0.2, 0.25) is 0 Å². The van der Waals surface area contributed by atoms with Crippen LogP contribution in [0.3, 0.4) is 0 Å². The average Bonchev–Trinajstić information content (AvgIpc) is 3.33. The van der Waals surface area contributed by atoms with Crippen molar-refractivity contribution in [1.82, 2.24) is 24.4 Å². The molecule has 0 bridgehead atoms. The van der Waals surface area contributed by atoms with Gasteiger partial charge in [-0.15, -0.1) is 0 Å². The lowest BCUT2D eigenvalue weighted by Crippen LogP contribution is -2.47. The SMILES string of the molecule is CCOC(=O)c1c[nH]n2c(=O)cc(CN3CCN(C[C@@H]4CCOC4)CC3)nc12. The molecule has 9 nitrogen and oxygen atoms in total. The summed E-state index contributed by atoms with van der Waals surface area (Å²) in [5.74, 6) is 0.181. The van der Waals surface area contributed by atoms with Crippen LogP contribution in [0.5, 0.6) is 0 Å². The number of hydrogen-bond acceptors (Lipinski definition) is 7. The molecule has 0 radical (unpaired) electrons. The summed E-state index contributed by atoms with van der Waals surface area (Å²) in [6.07, 6.45) is 2.63. The first-order valence-corrected chi connectivity index (χ1v) is 9.93. The Morgan fingerprint density at radius 1 is 1.32 bits per heavy atom. The molecule has 2 aromatic rings. The molecule has 0 spiro atoms. The van der Waals surface area contributed by atoms with Gasteiger partial charge in [-0.1, -0.05) is 0 Å². The van der Waals surface area contributed by atoms with Gasteiger partial charge in [0.15, 0.2) is 5.65 Å². The number of esters is 1. The highest BCUT2D eigenvalue weighted by Gasteiger charge is 2.23. The fourth-order valence-electron chi connectivity index (χ4n) is 3.92. The van der Waals surface area contributed by atoms with Gasteiger partial charge in [0, 0.05) is 58.1 Å². The monoisotopic (exact) mass is 389 g/mol. The maximum absolute atomic E-state index is 12.4. The number of carbonyl (C=O) groups is 1. The van der Waals surface area contributed by atoms with Gasteiger partial charge in [-0.3, -0.25) is 14.8 Å². The Morgan fingerprint density at radius 3 is 2.82 bits per heavy atom. The second-order valence-corrected chi connectivity index (χ2v) is 7.46. The Morgan fingerprint density at radius 2 is 2.11 bits per heavy atom. The maximum atomic E-state index is 12.4. The molecule has 2 aliphatic rings. The fraction of sp³-hybridized carbons (Fsp3) is 0.632. The molecule has 0 amide bonds. The summed E-state index contributed by atoms with van der Waals surface area (Å²) in [5, 5.41) is 2.78. The molecule has 2 saturated heterocycles. The lowest BCUT2D eigenvalue weighted by Gasteiger charge is -2.35. The van der Waals surface area contributed by atoms with Gasteiger partial charge < -0.3 is 14.4 Å². The van der Waals surface area contributed by atoms with Crippen LogP contribution in [0.25, 0.3) is 5.65 Å². The summed E-state index contributed by atoms with van der Waals surface area (Å²) in [6.45, 7) is 9.39. The van der Waals surface area contributed by atoms with E-state index in [1.807, 2.05) is 0 Å². The van der Waals surface area contributed by atoms with Crippen LogP contribution in [-0.2, 0) is 16.0 Å². The number of fused-ring (bicyclic) bond motifs is 1. The van der Waals surface area contributed by atoms with Crippen LogP contribution in [0.1, 0.15) is 29.4 Å². The van der Waals surface area contributed by atoms with Crippen LogP contribution in [0.2, 0.25) is 0 Å². The van der Waals surface area contributed by atoms with Crippen LogP contribution in [0.15, 0.2) is 17.1 Å². The summed E-state index contributed by atoms with van der Waals surface area (Å²) < 4.78 is 11.8. The van der Waals surface area contributed by atoms with E-state index < -0.39 is 5.97 Å². The highest BCUT2D eigenvalue weighted by molar-refractivity contribution is 5.95. The van der Waals surface area contributed by atoms with E-state index in [0.29, 0.717) is 23.8 Å². The third-order valence-electron chi connectivity index (χ3n) is 5.44. The molecule has 28 heavy (non-hydrogen) atoms. The van der Waals surface area contributed by atoms with Crippen molar-refractivity contribution in [3.05, 3.63) is 33.9 Å². The van der Waals surface area contributed by atoms with E-state index in [0.717, 1.165) is 52.4 Å². The van der Waals surface area contributed by atoms with Gasteiger partial charge in [0.25, 0.3) is 5.56 Å². The normalized spacial score (nSPS) is 21.4. The molecule has 9 heteroatoms. The smallest absolute Gasteiger partial charge is 0.343 e. The van der Waals surface area contributed by atoms with E-state index in [1.54, 1.807) is 6.92 Å². The van der Waals surface area contributed by atoms with Crippen molar-refractivity contribution in [1.29, 1.82) is 0 Å². The number of H-pyrrole nitrogens is 1. The Kier molecular flexibility index (Phi) is 5.74. The number of carbonyl (C=O) groups excluding carboxylic acids is 1. The summed E-state index contributed by atoms with van der Waals surface area (Å²) in [4.78, 5) is 33.8. The molecule has 152 valence electrons. The first-order valence-electron chi connectivity index (χ1n) is 9.93. The predicted molar refractivity (Wildman–Crippen MR) is 102 cm³/mol. The Labute approximate surface area is 163 Å². The Balaban J connectivity index is 1.41. The largest absolute Gasteiger partial charge is 0.462 e.